The van der Waals surface area contributed by atoms with E-state index in [1.54, 1.807) is 42.5 Å². The molecule has 0 spiro atoms. The molecule has 0 bridgehead atoms. The molecule has 10 heteroatoms. The van der Waals surface area contributed by atoms with E-state index in [-0.39, 0.29) is 29.2 Å². The molecule has 2 aliphatic heterocycles. The van der Waals surface area contributed by atoms with Crippen LogP contribution in [-0.4, -0.2) is 63.4 Å². The Hall–Kier alpha value is -3.08. The molecule has 0 saturated carbocycles. The van der Waals surface area contributed by atoms with Crippen LogP contribution in [-0.2, 0) is 24.3 Å². The second-order valence-electron chi connectivity index (χ2n) is 8.07. The van der Waals surface area contributed by atoms with Gasteiger partial charge in [-0.25, -0.2) is 22.8 Å². The van der Waals surface area contributed by atoms with Gasteiger partial charge in [-0.15, -0.1) is 0 Å². The van der Waals surface area contributed by atoms with Crippen LogP contribution in [0.15, 0.2) is 59.5 Å². The summed E-state index contributed by atoms with van der Waals surface area (Å²) >= 11 is 0. The number of rotatable bonds is 6. The second-order valence-corrected chi connectivity index (χ2v) is 9.78. The minimum absolute atomic E-state index is 0.0675. The number of imide groups is 1. The molecule has 9 nitrogen and oxygen atoms in total. The Morgan fingerprint density at radius 2 is 1.64 bits per heavy atom. The molecule has 1 atom stereocenters. The molecule has 0 aliphatic carbocycles. The van der Waals surface area contributed by atoms with Crippen LogP contribution in [0.1, 0.15) is 29.6 Å². The first-order valence-corrected chi connectivity index (χ1v) is 12.1. The van der Waals surface area contributed by atoms with Crippen molar-refractivity contribution in [1.82, 2.24) is 9.62 Å². The number of carbonyl (C=O) groups is 3. The van der Waals surface area contributed by atoms with Crippen LogP contribution in [0.2, 0.25) is 0 Å². The van der Waals surface area contributed by atoms with Gasteiger partial charge < -0.3 is 4.74 Å². The number of ether oxygens (including phenoxy) is 1. The van der Waals surface area contributed by atoms with Gasteiger partial charge in [-0.2, -0.15) is 0 Å². The lowest BCUT2D eigenvalue weighted by Gasteiger charge is -2.34. The van der Waals surface area contributed by atoms with Crippen molar-refractivity contribution in [3.05, 3.63) is 60.2 Å². The molecule has 4 rings (SSSR count). The predicted molar refractivity (Wildman–Crippen MR) is 120 cm³/mol. The number of likely N-dealkylation sites (tertiary alicyclic amines) is 1. The minimum Gasteiger partial charge on any atom is -0.465 e. The molecule has 2 amide bonds. The zero-order valence-corrected chi connectivity index (χ0v) is 19.0. The number of anilines is 1. The molecule has 2 saturated heterocycles. The average Bonchev–Trinajstić information content (AvgIpc) is 3.13. The van der Waals surface area contributed by atoms with Crippen LogP contribution >= 0.6 is 0 Å². The van der Waals surface area contributed by atoms with Gasteiger partial charge in [0.2, 0.25) is 15.9 Å². The SMILES string of the molecule is COC(=O)c1ccc(N2C(=O)C[C@H](N3CCC(NS(=O)(=O)c4ccccc4)CC3)C2=O)cc1. The maximum absolute atomic E-state index is 13.0. The summed E-state index contributed by atoms with van der Waals surface area (Å²) in [5, 5.41) is 0. The third kappa shape index (κ3) is 4.82. The summed E-state index contributed by atoms with van der Waals surface area (Å²) in [6.07, 6.45) is 1.15. The van der Waals surface area contributed by atoms with Gasteiger partial charge in [-0.1, -0.05) is 18.2 Å². The lowest BCUT2D eigenvalue weighted by Crippen LogP contribution is -2.50. The van der Waals surface area contributed by atoms with Crippen LogP contribution in [0.4, 0.5) is 5.69 Å². The Kier molecular flexibility index (Phi) is 6.59. The standard InChI is InChI=1S/C23H25N3O6S/c1-32-23(29)16-7-9-18(10-8-16)26-21(27)15-20(22(26)28)25-13-11-17(12-14-25)24-33(30,31)19-5-3-2-4-6-19/h2-10,17,20,24H,11-15H2,1H3/t20-/m0/s1. The number of amides is 2. The number of sulfonamides is 1. The van der Waals surface area contributed by atoms with E-state index in [9.17, 15) is 22.8 Å². The molecule has 2 fully saturated rings. The highest BCUT2D eigenvalue weighted by Crippen LogP contribution is 2.28. The second kappa shape index (κ2) is 9.42. The Morgan fingerprint density at radius 3 is 2.24 bits per heavy atom. The van der Waals surface area contributed by atoms with Gasteiger partial charge in [0.1, 0.15) is 0 Å². The molecule has 1 N–H and O–H groups in total. The fraction of sp³-hybridized carbons (Fsp3) is 0.348. The number of piperidine rings is 1. The number of carbonyl (C=O) groups excluding carboxylic acids is 3. The summed E-state index contributed by atoms with van der Waals surface area (Å²) in [4.78, 5) is 40.6. The van der Waals surface area contributed by atoms with Gasteiger partial charge in [0.25, 0.3) is 5.91 Å². The van der Waals surface area contributed by atoms with E-state index in [4.69, 9.17) is 0 Å². The number of nitrogens with zero attached hydrogens (tertiary/aromatic N) is 2. The number of hydrogen-bond acceptors (Lipinski definition) is 7. The number of benzene rings is 2. The first kappa shape index (κ1) is 23.1. The average molecular weight is 472 g/mol. The molecular weight excluding hydrogens is 446 g/mol. The van der Waals surface area contributed by atoms with E-state index < -0.39 is 22.0 Å². The Labute approximate surface area is 192 Å². The Bertz CT molecular complexity index is 1140. The molecule has 0 unspecified atom stereocenters. The highest BCUT2D eigenvalue weighted by Gasteiger charge is 2.43. The molecule has 2 aliphatic rings. The maximum atomic E-state index is 13.0. The van der Waals surface area contributed by atoms with E-state index >= 15 is 0 Å². The molecule has 2 aromatic rings. The topological polar surface area (TPSA) is 113 Å². The summed E-state index contributed by atoms with van der Waals surface area (Å²) < 4.78 is 32.5. The number of nitrogens with one attached hydrogen (secondary N) is 1. The van der Waals surface area contributed by atoms with Crippen molar-refractivity contribution in [3.63, 3.8) is 0 Å². The quantitative estimate of drug-likeness (QED) is 0.502. The number of methoxy groups -OCH3 is 1. The zero-order chi connectivity index (χ0) is 23.6. The van der Waals surface area contributed by atoms with Crippen molar-refractivity contribution in [1.29, 1.82) is 0 Å². The van der Waals surface area contributed by atoms with E-state index in [0.717, 1.165) is 4.90 Å². The molecular formula is C23H25N3O6S. The van der Waals surface area contributed by atoms with Gasteiger partial charge in [0, 0.05) is 19.1 Å². The first-order valence-electron chi connectivity index (χ1n) is 10.7. The first-order chi connectivity index (χ1) is 15.8. The van der Waals surface area contributed by atoms with Gasteiger partial charge >= 0.3 is 5.97 Å². The van der Waals surface area contributed by atoms with E-state index in [1.807, 2.05) is 4.90 Å². The van der Waals surface area contributed by atoms with E-state index in [2.05, 4.69) is 9.46 Å². The highest BCUT2D eigenvalue weighted by atomic mass is 32.2. The molecule has 33 heavy (non-hydrogen) atoms. The van der Waals surface area contributed by atoms with Crippen molar-refractivity contribution < 1.29 is 27.5 Å². The molecule has 0 aromatic heterocycles. The monoisotopic (exact) mass is 471 g/mol. The Balaban J connectivity index is 1.38. The van der Waals surface area contributed by atoms with Crippen molar-refractivity contribution in [2.75, 3.05) is 25.1 Å². The minimum atomic E-state index is -3.60. The molecule has 2 aromatic carbocycles. The highest BCUT2D eigenvalue weighted by molar-refractivity contribution is 7.89. The van der Waals surface area contributed by atoms with Crippen LogP contribution in [0, 0.1) is 0 Å². The fourth-order valence-corrected chi connectivity index (χ4v) is 5.58. The lowest BCUT2D eigenvalue weighted by atomic mass is 10.0. The zero-order valence-electron chi connectivity index (χ0n) is 18.1. The third-order valence-electron chi connectivity index (χ3n) is 6.02. The van der Waals surface area contributed by atoms with Gasteiger partial charge in [0.15, 0.2) is 0 Å². The van der Waals surface area contributed by atoms with Crippen LogP contribution in [0.25, 0.3) is 0 Å². The van der Waals surface area contributed by atoms with Crippen molar-refractivity contribution in [2.24, 2.45) is 0 Å². The van der Waals surface area contributed by atoms with Crippen molar-refractivity contribution >= 4 is 33.5 Å². The summed E-state index contributed by atoms with van der Waals surface area (Å²) in [7, 11) is -2.32. The molecule has 0 radical (unpaired) electrons. The summed E-state index contributed by atoms with van der Waals surface area (Å²) in [6.45, 7) is 1.00. The van der Waals surface area contributed by atoms with Gasteiger partial charge in [-0.05, 0) is 49.2 Å². The lowest BCUT2D eigenvalue weighted by molar-refractivity contribution is -0.123. The normalized spacial score (nSPS) is 20.3. The van der Waals surface area contributed by atoms with Crippen molar-refractivity contribution in [2.45, 2.75) is 36.2 Å². The smallest absolute Gasteiger partial charge is 0.337 e. The third-order valence-corrected chi connectivity index (χ3v) is 7.55. The maximum Gasteiger partial charge on any atom is 0.337 e. The predicted octanol–water partition coefficient (Wildman–Crippen LogP) is 1.55. The van der Waals surface area contributed by atoms with Crippen molar-refractivity contribution in [3.8, 4) is 0 Å². The van der Waals surface area contributed by atoms with Gasteiger partial charge in [-0.3, -0.25) is 14.5 Å². The Morgan fingerprint density at radius 1 is 1.00 bits per heavy atom. The molecule has 2 heterocycles. The summed E-state index contributed by atoms with van der Waals surface area (Å²) in [5.74, 6) is -1.11. The van der Waals surface area contributed by atoms with Gasteiger partial charge in [0.05, 0.1) is 35.7 Å². The largest absolute Gasteiger partial charge is 0.465 e. The fourth-order valence-electron chi connectivity index (χ4n) is 4.25. The molecule has 174 valence electrons. The van der Waals surface area contributed by atoms with Crippen LogP contribution in [0.3, 0.4) is 0 Å². The van der Waals surface area contributed by atoms with E-state index in [1.165, 1.54) is 19.2 Å². The number of hydrogen-bond donors (Lipinski definition) is 1. The van der Waals surface area contributed by atoms with Crippen LogP contribution in [0.5, 0.6) is 0 Å². The summed E-state index contributed by atoms with van der Waals surface area (Å²) in [6, 6.07) is 13.5. The van der Waals surface area contributed by atoms with Crippen LogP contribution < -0.4 is 9.62 Å². The number of esters is 1. The van der Waals surface area contributed by atoms with E-state index in [0.29, 0.717) is 37.2 Å². The summed E-state index contributed by atoms with van der Waals surface area (Å²) in [5.41, 5.74) is 0.739.